The first-order valence-electron chi connectivity index (χ1n) is 7.85. The molecule has 4 nitrogen and oxygen atoms in total. The number of hydrogen-bond donors (Lipinski definition) is 2. The summed E-state index contributed by atoms with van der Waals surface area (Å²) in [6.07, 6.45) is 9.51. The van der Waals surface area contributed by atoms with E-state index in [0.717, 1.165) is 25.1 Å². The summed E-state index contributed by atoms with van der Waals surface area (Å²) in [5, 5.41) is 0.712. The number of aromatic nitrogens is 1. The first-order chi connectivity index (χ1) is 10.1. The summed E-state index contributed by atoms with van der Waals surface area (Å²) >= 11 is 6.24. The van der Waals surface area contributed by atoms with E-state index in [1.54, 1.807) is 12.4 Å². The fraction of sp³-hybridized carbons (Fsp3) is 0.688. The van der Waals surface area contributed by atoms with Crippen LogP contribution in [0.4, 0.5) is 0 Å². The Kier molecular flexibility index (Phi) is 5.99. The predicted molar refractivity (Wildman–Crippen MR) is 88.2 cm³/mol. The molecule has 2 rings (SSSR count). The van der Waals surface area contributed by atoms with Crippen molar-refractivity contribution in [3.05, 3.63) is 29.0 Å². The SMILES string of the molecule is CC(C)(C(Cc1ccncc1Cl)NN)N1CCCCCC1. The molecule has 0 aliphatic carbocycles. The lowest BCUT2D eigenvalue weighted by atomic mass is 9.87. The van der Waals surface area contributed by atoms with Gasteiger partial charge in [0, 0.05) is 24.0 Å². The van der Waals surface area contributed by atoms with Crippen molar-refractivity contribution in [3.63, 3.8) is 0 Å². The average Bonchev–Trinajstić information content (AvgIpc) is 2.75. The highest BCUT2D eigenvalue weighted by atomic mass is 35.5. The van der Waals surface area contributed by atoms with Crippen molar-refractivity contribution in [1.82, 2.24) is 15.3 Å². The Balaban J connectivity index is 2.12. The molecule has 1 aliphatic rings. The number of halogens is 1. The Hall–Kier alpha value is -0.680. The standard InChI is InChI=1S/C16H27ClN4/c1-16(2,21-9-5-3-4-6-10-21)15(20-18)11-13-7-8-19-12-14(13)17/h7-8,12,15,20H,3-6,9-11,18H2,1-2H3. The fourth-order valence-electron chi connectivity index (χ4n) is 3.17. The van der Waals surface area contributed by atoms with Crippen LogP contribution in [0.25, 0.3) is 0 Å². The van der Waals surface area contributed by atoms with E-state index >= 15 is 0 Å². The lowest BCUT2D eigenvalue weighted by Crippen LogP contribution is -2.60. The zero-order valence-corrected chi connectivity index (χ0v) is 13.9. The van der Waals surface area contributed by atoms with Crippen molar-refractivity contribution in [2.24, 2.45) is 5.84 Å². The number of nitrogens with one attached hydrogen (secondary N) is 1. The summed E-state index contributed by atoms with van der Waals surface area (Å²) in [6.45, 7) is 6.85. The van der Waals surface area contributed by atoms with Gasteiger partial charge in [0.05, 0.1) is 5.02 Å². The molecule has 1 aromatic heterocycles. The molecule has 0 aromatic carbocycles. The van der Waals surface area contributed by atoms with Gasteiger partial charge >= 0.3 is 0 Å². The van der Waals surface area contributed by atoms with Crippen LogP contribution in [-0.2, 0) is 6.42 Å². The van der Waals surface area contributed by atoms with Gasteiger partial charge in [-0.1, -0.05) is 24.4 Å². The monoisotopic (exact) mass is 310 g/mol. The van der Waals surface area contributed by atoms with E-state index in [9.17, 15) is 0 Å². The quantitative estimate of drug-likeness (QED) is 0.648. The first-order valence-corrected chi connectivity index (χ1v) is 8.23. The highest BCUT2D eigenvalue weighted by Crippen LogP contribution is 2.26. The number of nitrogens with two attached hydrogens (primary N) is 1. The van der Waals surface area contributed by atoms with E-state index < -0.39 is 0 Å². The van der Waals surface area contributed by atoms with E-state index in [4.69, 9.17) is 17.4 Å². The van der Waals surface area contributed by atoms with E-state index in [1.165, 1.54) is 25.7 Å². The van der Waals surface area contributed by atoms with Crippen LogP contribution in [0.1, 0.15) is 45.1 Å². The Morgan fingerprint density at radius 2 is 2.00 bits per heavy atom. The van der Waals surface area contributed by atoms with Gasteiger partial charge in [0.2, 0.25) is 0 Å². The Morgan fingerprint density at radius 1 is 1.33 bits per heavy atom. The molecule has 1 unspecified atom stereocenters. The van der Waals surface area contributed by atoms with Gasteiger partial charge in [0.25, 0.3) is 0 Å². The summed E-state index contributed by atoms with van der Waals surface area (Å²) in [4.78, 5) is 6.62. The molecule has 2 heterocycles. The topological polar surface area (TPSA) is 54.2 Å². The molecule has 0 bridgehead atoms. The van der Waals surface area contributed by atoms with Gasteiger partial charge in [-0.15, -0.1) is 0 Å². The van der Waals surface area contributed by atoms with E-state index in [-0.39, 0.29) is 11.6 Å². The third-order valence-electron chi connectivity index (χ3n) is 4.76. The average molecular weight is 311 g/mol. The molecule has 118 valence electrons. The van der Waals surface area contributed by atoms with Crippen LogP contribution in [0, 0.1) is 0 Å². The Morgan fingerprint density at radius 3 is 2.57 bits per heavy atom. The van der Waals surface area contributed by atoms with E-state index in [0.29, 0.717) is 5.02 Å². The second kappa shape index (κ2) is 7.54. The molecule has 1 atom stereocenters. The summed E-state index contributed by atoms with van der Waals surface area (Å²) in [5.41, 5.74) is 4.10. The number of nitrogens with zero attached hydrogens (tertiary/aromatic N) is 2. The summed E-state index contributed by atoms with van der Waals surface area (Å²) < 4.78 is 0. The molecule has 1 fully saturated rings. The van der Waals surface area contributed by atoms with Gasteiger partial charge in [0.1, 0.15) is 0 Å². The molecule has 1 aromatic rings. The minimum absolute atomic E-state index is 0.00825. The van der Waals surface area contributed by atoms with Crippen molar-refractivity contribution >= 4 is 11.6 Å². The smallest absolute Gasteiger partial charge is 0.0621 e. The highest BCUT2D eigenvalue weighted by molar-refractivity contribution is 6.31. The predicted octanol–water partition coefficient (Wildman–Crippen LogP) is 2.76. The zero-order chi connectivity index (χ0) is 15.3. The van der Waals surface area contributed by atoms with Crippen LogP contribution < -0.4 is 11.3 Å². The molecule has 0 saturated carbocycles. The number of pyridine rings is 1. The minimum atomic E-state index is -0.00825. The normalized spacial score (nSPS) is 19.2. The van der Waals surface area contributed by atoms with Crippen molar-refractivity contribution in [2.75, 3.05) is 13.1 Å². The van der Waals surface area contributed by atoms with Crippen LogP contribution in [0.3, 0.4) is 0 Å². The number of hydrazine groups is 1. The third-order valence-corrected chi connectivity index (χ3v) is 5.10. The Bertz CT molecular complexity index is 442. The number of rotatable bonds is 5. The molecular formula is C16H27ClN4. The van der Waals surface area contributed by atoms with Gasteiger partial charge < -0.3 is 0 Å². The molecule has 0 amide bonds. The third kappa shape index (κ3) is 4.16. The maximum atomic E-state index is 6.24. The minimum Gasteiger partial charge on any atom is -0.297 e. The van der Waals surface area contributed by atoms with Crippen LogP contribution in [0.15, 0.2) is 18.5 Å². The van der Waals surface area contributed by atoms with Crippen molar-refractivity contribution < 1.29 is 0 Å². The van der Waals surface area contributed by atoms with Crippen molar-refractivity contribution in [3.8, 4) is 0 Å². The molecular weight excluding hydrogens is 284 g/mol. The maximum absolute atomic E-state index is 6.24. The summed E-state index contributed by atoms with van der Waals surface area (Å²) in [5.74, 6) is 5.87. The molecule has 21 heavy (non-hydrogen) atoms. The van der Waals surface area contributed by atoms with Gasteiger partial charge in [0.15, 0.2) is 0 Å². The van der Waals surface area contributed by atoms with Gasteiger partial charge in [-0.2, -0.15) is 0 Å². The second-order valence-corrected chi connectivity index (χ2v) is 6.85. The summed E-state index contributed by atoms with van der Waals surface area (Å²) in [7, 11) is 0. The Labute approximate surface area is 133 Å². The van der Waals surface area contributed by atoms with E-state index in [2.05, 4.69) is 29.2 Å². The van der Waals surface area contributed by atoms with E-state index in [1.807, 2.05) is 6.07 Å². The maximum Gasteiger partial charge on any atom is 0.0621 e. The molecule has 1 saturated heterocycles. The molecule has 5 heteroatoms. The summed E-state index contributed by atoms with van der Waals surface area (Å²) in [6, 6.07) is 2.13. The highest BCUT2D eigenvalue weighted by Gasteiger charge is 2.35. The molecule has 3 N–H and O–H groups in total. The van der Waals surface area contributed by atoms with Crippen LogP contribution in [-0.4, -0.2) is 34.6 Å². The van der Waals surface area contributed by atoms with Gasteiger partial charge in [-0.05, 0) is 57.8 Å². The number of hydrogen-bond acceptors (Lipinski definition) is 4. The van der Waals surface area contributed by atoms with Crippen LogP contribution in [0.2, 0.25) is 5.02 Å². The molecule has 1 aliphatic heterocycles. The van der Waals surface area contributed by atoms with Crippen LogP contribution in [0.5, 0.6) is 0 Å². The van der Waals surface area contributed by atoms with Crippen molar-refractivity contribution in [1.29, 1.82) is 0 Å². The molecule has 0 spiro atoms. The largest absolute Gasteiger partial charge is 0.297 e. The fourth-order valence-corrected chi connectivity index (χ4v) is 3.37. The van der Waals surface area contributed by atoms with Gasteiger partial charge in [-0.25, -0.2) is 0 Å². The van der Waals surface area contributed by atoms with Crippen LogP contribution >= 0.6 is 11.6 Å². The number of likely N-dealkylation sites (tertiary alicyclic amines) is 1. The first kappa shape index (κ1) is 16.7. The molecule has 0 radical (unpaired) electrons. The zero-order valence-electron chi connectivity index (χ0n) is 13.1. The second-order valence-electron chi connectivity index (χ2n) is 6.45. The van der Waals surface area contributed by atoms with Crippen molar-refractivity contribution in [2.45, 2.75) is 57.5 Å². The lowest BCUT2D eigenvalue weighted by molar-refractivity contribution is 0.0835. The van der Waals surface area contributed by atoms with Gasteiger partial charge in [-0.3, -0.25) is 21.2 Å². The lowest BCUT2D eigenvalue weighted by Gasteiger charge is -2.44.